The van der Waals surface area contributed by atoms with Gasteiger partial charge in [0.1, 0.15) is 11.7 Å². The summed E-state index contributed by atoms with van der Waals surface area (Å²) in [6, 6.07) is 5.68. The van der Waals surface area contributed by atoms with Crippen molar-refractivity contribution in [3.05, 3.63) is 24.0 Å². The van der Waals surface area contributed by atoms with Gasteiger partial charge < -0.3 is 15.0 Å². The molecule has 3 heterocycles. The van der Waals surface area contributed by atoms with Crippen LogP contribution in [0.2, 0.25) is 0 Å². The van der Waals surface area contributed by atoms with Crippen molar-refractivity contribution in [1.82, 2.24) is 10.3 Å². The molecule has 0 aliphatic carbocycles. The molecule has 2 fully saturated rings. The highest BCUT2D eigenvalue weighted by Crippen LogP contribution is 2.30. The molecule has 3 rings (SSSR count). The van der Waals surface area contributed by atoms with Crippen molar-refractivity contribution in [2.45, 2.75) is 24.9 Å². The van der Waals surface area contributed by atoms with Crippen LogP contribution in [0.5, 0.6) is 0 Å². The fraction of sp³-hybridized carbons (Fsp3) is 0.588. The average molecular weight is 332 g/mol. The first-order chi connectivity index (χ1) is 11.6. The van der Waals surface area contributed by atoms with Gasteiger partial charge in [-0.25, -0.2) is 9.37 Å². The molecule has 0 aromatic carbocycles. The minimum atomic E-state index is -1.40. The molecule has 24 heavy (non-hydrogen) atoms. The maximum Gasteiger partial charge on any atom is 0.225 e. The molecular formula is C17H21FN4O2. The predicted molar refractivity (Wildman–Crippen MR) is 86.2 cm³/mol. The van der Waals surface area contributed by atoms with Crippen molar-refractivity contribution in [2.24, 2.45) is 5.92 Å². The number of piperidine rings is 1. The van der Waals surface area contributed by atoms with Crippen molar-refractivity contribution < 1.29 is 13.9 Å². The van der Waals surface area contributed by atoms with Gasteiger partial charge in [-0.3, -0.25) is 4.79 Å². The van der Waals surface area contributed by atoms with Gasteiger partial charge in [0, 0.05) is 38.7 Å². The number of rotatable bonds is 4. The second-order valence-electron chi connectivity index (χ2n) is 6.40. The number of carbonyl (C=O) groups is 1. The van der Waals surface area contributed by atoms with Crippen LogP contribution in [0, 0.1) is 17.2 Å². The molecule has 6 nitrogen and oxygen atoms in total. The van der Waals surface area contributed by atoms with Crippen LogP contribution >= 0.6 is 0 Å². The fourth-order valence-corrected chi connectivity index (χ4v) is 3.19. The van der Waals surface area contributed by atoms with E-state index in [0.29, 0.717) is 51.3 Å². The van der Waals surface area contributed by atoms with Crippen molar-refractivity contribution >= 4 is 11.6 Å². The van der Waals surface area contributed by atoms with E-state index in [1.54, 1.807) is 12.3 Å². The van der Waals surface area contributed by atoms with Gasteiger partial charge in [0.25, 0.3) is 0 Å². The number of amides is 1. The molecule has 7 heteroatoms. The number of pyridine rings is 1. The number of ether oxygens (including phenoxy) is 1. The molecule has 2 aliphatic heterocycles. The quantitative estimate of drug-likeness (QED) is 0.902. The first kappa shape index (κ1) is 16.7. The minimum Gasteiger partial charge on any atom is -0.381 e. The number of nitrogens with zero attached hydrogens (tertiary/aromatic N) is 3. The summed E-state index contributed by atoms with van der Waals surface area (Å²) in [6.45, 7) is 2.06. The molecule has 0 saturated carbocycles. The fourth-order valence-electron chi connectivity index (χ4n) is 3.19. The lowest BCUT2D eigenvalue weighted by atomic mass is 9.92. The normalized spacial score (nSPS) is 22.8. The van der Waals surface area contributed by atoms with E-state index >= 15 is 0 Å². The van der Waals surface area contributed by atoms with Crippen molar-refractivity contribution in [3.8, 4) is 6.07 Å². The lowest BCUT2D eigenvalue weighted by molar-refractivity contribution is -0.125. The third-order valence-electron chi connectivity index (χ3n) is 4.77. The van der Waals surface area contributed by atoms with Gasteiger partial charge in [-0.2, -0.15) is 5.26 Å². The lowest BCUT2D eigenvalue weighted by Gasteiger charge is -2.37. The lowest BCUT2D eigenvalue weighted by Crippen LogP contribution is -2.49. The highest BCUT2D eigenvalue weighted by atomic mass is 19.1. The van der Waals surface area contributed by atoms with E-state index in [1.807, 2.05) is 11.0 Å². The molecular weight excluding hydrogens is 311 g/mol. The van der Waals surface area contributed by atoms with Gasteiger partial charge in [-0.15, -0.1) is 0 Å². The number of carbonyl (C=O) groups excluding carboxylic acids is 1. The van der Waals surface area contributed by atoms with Crippen LogP contribution in [0.1, 0.15) is 25.0 Å². The molecule has 1 N–H and O–H groups in total. The second kappa shape index (κ2) is 7.14. The Morgan fingerprint density at radius 2 is 2.33 bits per heavy atom. The first-order valence-corrected chi connectivity index (χ1v) is 8.26. The highest BCUT2D eigenvalue weighted by Gasteiger charge is 2.36. The summed E-state index contributed by atoms with van der Waals surface area (Å²) in [7, 11) is 0. The maximum absolute atomic E-state index is 14.9. The van der Waals surface area contributed by atoms with Crippen molar-refractivity contribution in [1.29, 1.82) is 5.26 Å². The summed E-state index contributed by atoms with van der Waals surface area (Å²) in [5.41, 5.74) is -0.298. The molecule has 0 spiro atoms. The van der Waals surface area contributed by atoms with E-state index < -0.39 is 5.67 Å². The van der Waals surface area contributed by atoms with E-state index in [1.165, 1.54) is 0 Å². The van der Waals surface area contributed by atoms with E-state index in [9.17, 15) is 9.18 Å². The summed E-state index contributed by atoms with van der Waals surface area (Å²) in [5.74, 6) is -0.270. The SMILES string of the molecule is N#Cc1ncccc1N1CCC(F)(CNC(=O)C2CCOC2)CC1. The van der Waals surface area contributed by atoms with E-state index in [2.05, 4.69) is 16.4 Å². The largest absolute Gasteiger partial charge is 0.381 e. The zero-order valence-electron chi connectivity index (χ0n) is 13.5. The summed E-state index contributed by atoms with van der Waals surface area (Å²) in [6.07, 6.45) is 2.91. The number of nitrogens with one attached hydrogen (secondary N) is 1. The predicted octanol–water partition coefficient (Wildman–Crippen LogP) is 1.41. The number of anilines is 1. The van der Waals surface area contributed by atoms with Gasteiger partial charge >= 0.3 is 0 Å². The van der Waals surface area contributed by atoms with Crippen LogP contribution in [0.3, 0.4) is 0 Å². The molecule has 2 saturated heterocycles. The maximum atomic E-state index is 14.9. The van der Waals surface area contributed by atoms with Crippen LogP contribution in [0.4, 0.5) is 10.1 Å². The molecule has 1 amide bonds. The summed E-state index contributed by atoms with van der Waals surface area (Å²) < 4.78 is 20.1. The Balaban J connectivity index is 1.53. The van der Waals surface area contributed by atoms with Crippen LogP contribution in [0.15, 0.2) is 18.3 Å². The monoisotopic (exact) mass is 332 g/mol. The van der Waals surface area contributed by atoms with Crippen LogP contribution in [-0.2, 0) is 9.53 Å². The minimum absolute atomic E-state index is 0.0360. The molecule has 0 bridgehead atoms. The van der Waals surface area contributed by atoms with Crippen LogP contribution in [0.25, 0.3) is 0 Å². The second-order valence-corrected chi connectivity index (χ2v) is 6.40. The molecule has 1 aromatic heterocycles. The summed E-state index contributed by atoms with van der Waals surface area (Å²) >= 11 is 0. The molecule has 128 valence electrons. The number of aromatic nitrogens is 1. The number of hydrogen-bond donors (Lipinski definition) is 1. The Bertz CT molecular complexity index is 632. The Hall–Kier alpha value is -2.20. The van der Waals surface area contributed by atoms with Crippen molar-refractivity contribution in [3.63, 3.8) is 0 Å². The highest BCUT2D eigenvalue weighted by molar-refractivity contribution is 5.79. The Kier molecular flexibility index (Phi) is 4.95. The molecule has 0 radical (unpaired) electrons. The van der Waals surface area contributed by atoms with Gasteiger partial charge in [0.05, 0.1) is 24.8 Å². The Morgan fingerprint density at radius 1 is 1.54 bits per heavy atom. The van der Waals surface area contributed by atoms with E-state index in [-0.39, 0.29) is 18.4 Å². The number of alkyl halides is 1. The number of nitriles is 1. The zero-order chi connectivity index (χ0) is 17.0. The standard InChI is InChI=1S/C17H21FN4O2/c18-17(12-21-16(23)13-3-9-24-11-13)4-7-22(8-5-17)15-2-1-6-20-14(15)10-19/h1-2,6,13H,3-5,7-9,11-12H2,(H,21,23). The smallest absolute Gasteiger partial charge is 0.225 e. The van der Waals surface area contributed by atoms with Crippen LogP contribution in [-0.4, -0.2) is 49.4 Å². The molecule has 1 aromatic rings. The van der Waals surface area contributed by atoms with E-state index in [0.717, 1.165) is 5.69 Å². The van der Waals surface area contributed by atoms with Gasteiger partial charge in [0.15, 0.2) is 5.69 Å². The zero-order valence-corrected chi connectivity index (χ0v) is 13.5. The van der Waals surface area contributed by atoms with Crippen molar-refractivity contribution in [2.75, 3.05) is 37.7 Å². The Labute approximate surface area is 140 Å². The summed E-state index contributed by atoms with van der Waals surface area (Å²) in [4.78, 5) is 18.0. The van der Waals surface area contributed by atoms with E-state index in [4.69, 9.17) is 10.00 Å². The van der Waals surface area contributed by atoms with Gasteiger partial charge in [-0.05, 0) is 18.6 Å². The Morgan fingerprint density at radius 3 is 3.00 bits per heavy atom. The molecule has 2 aliphatic rings. The van der Waals surface area contributed by atoms with Crippen LogP contribution < -0.4 is 10.2 Å². The molecule has 1 unspecified atom stereocenters. The number of halogens is 1. The van der Waals surface area contributed by atoms with Gasteiger partial charge in [0.2, 0.25) is 5.91 Å². The topological polar surface area (TPSA) is 78.3 Å². The van der Waals surface area contributed by atoms with Gasteiger partial charge in [-0.1, -0.05) is 0 Å². The molecule has 1 atom stereocenters. The first-order valence-electron chi connectivity index (χ1n) is 8.26. The third-order valence-corrected chi connectivity index (χ3v) is 4.77. The summed E-state index contributed by atoms with van der Waals surface area (Å²) in [5, 5.41) is 11.9. The number of hydrogen-bond acceptors (Lipinski definition) is 5. The third kappa shape index (κ3) is 3.65. The average Bonchev–Trinajstić information content (AvgIpc) is 3.15.